The fourth-order valence-electron chi connectivity index (χ4n) is 1.96. The first kappa shape index (κ1) is 18.7. The second-order valence-electron chi connectivity index (χ2n) is 5.25. The smallest absolute Gasteiger partial charge is 0.257 e. The Hall–Kier alpha value is -2.60. The fraction of sp³-hybridized carbons (Fsp3) is 0.222. The Balaban J connectivity index is 1.58. The molecule has 2 amide bonds. The molecule has 0 fully saturated rings. The number of benzene rings is 2. The second kappa shape index (κ2) is 9.64. The highest BCUT2D eigenvalue weighted by atomic mass is 35.5. The van der Waals surface area contributed by atoms with E-state index in [0.29, 0.717) is 29.4 Å². The number of hydrogen-bond acceptors (Lipinski definition) is 3. The molecular weight excluding hydrogens is 347 g/mol. The van der Waals surface area contributed by atoms with Crippen molar-refractivity contribution in [3.63, 3.8) is 0 Å². The quantitative estimate of drug-likeness (QED) is 0.705. The summed E-state index contributed by atoms with van der Waals surface area (Å²) in [6.07, 6.45) is 0.781. The molecule has 0 saturated heterocycles. The van der Waals surface area contributed by atoms with E-state index >= 15 is 0 Å². The van der Waals surface area contributed by atoms with Gasteiger partial charge < -0.3 is 15.4 Å². The lowest BCUT2D eigenvalue weighted by Crippen LogP contribution is -2.30. The maximum absolute atomic E-state index is 12.7. The topological polar surface area (TPSA) is 67.4 Å². The maximum Gasteiger partial charge on any atom is 0.257 e. The van der Waals surface area contributed by atoms with Gasteiger partial charge in [0.05, 0.1) is 0 Å². The highest BCUT2D eigenvalue weighted by Gasteiger charge is 2.05. The van der Waals surface area contributed by atoms with Gasteiger partial charge in [0.1, 0.15) is 11.6 Å². The molecule has 0 atom stereocenters. The minimum absolute atomic E-state index is 0.140. The molecule has 2 rings (SSSR count). The number of hydrogen-bond donors (Lipinski definition) is 2. The van der Waals surface area contributed by atoms with Crippen molar-refractivity contribution < 1.29 is 18.7 Å². The molecule has 0 aromatic heterocycles. The number of rotatable bonds is 8. The van der Waals surface area contributed by atoms with Crippen LogP contribution >= 0.6 is 11.6 Å². The van der Waals surface area contributed by atoms with E-state index in [1.165, 1.54) is 24.3 Å². The third-order valence-electron chi connectivity index (χ3n) is 3.21. The number of ether oxygens (including phenoxy) is 1. The monoisotopic (exact) mass is 364 g/mol. The average Bonchev–Trinajstić information content (AvgIpc) is 2.60. The molecule has 0 saturated carbocycles. The Morgan fingerprint density at radius 2 is 1.68 bits per heavy atom. The highest BCUT2D eigenvalue weighted by Crippen LogP contribution is 2.13. The SMILES string of the molecule is O=C(COc1ccc(F)cc1)NCCCC(=O)Nc1ccc(Cl)cc1. The van der Waals surface area contributed by atoms with Crippen LogP contribution in [0.1, 0.15) is 12.8 Å². The van der Waals surface area contributed by atoms with Gasteiger partial charge in [-0.25, -0.2) is 4.39 Å². The van der Waals surface area contributed by atoms with Crippen molar-refractivity contribution in [1.82, 2.24) is 5.32 Å². The van der Waals surface area contributed by atoms with Crippen LogP contribution in [0.4, 0.5) is 10.1 Å². The Labute approximate surface area is 150 Å². The third-order valence-corrected chi connectivity index (χ3v) is 3.47. The molecule has 132 valence electrons. The predicted octanol–water partition coefficient (Wildman–Crippen LogP) is 3.39. The first-order valence-electron chi connectivity index (χ1n) is 7.73. The van der Waals surface area contributed by atoms with Gasteiger partial charge in [-0.15, -0.1) is 0 Å². The van der Waals surface area contributed by atoms with Gasteiger partial charge in [-0.3, -0.25) is 9.59 Å². The molecule has 2 aromatic carbocycles. The van der Waals surface area contributed by atoms with Crippen molar-refractivity contribution >= 4 is 29.1 Å². The summed E-state index contributed by atoms with van der Waals surface area (Å²) in [6, 6.07) is 12.2. The maximum atomic E-state index is 12.7. The molecule has 25 heavy (non-hydrogen) atoms. The van der Waals surface area contributed by atoms with Gasteiger partial charge in [0.15, 0.2) is 6.61 Å². The number of carbonyl (C=O) groups excluding carboxylic acids is 2. The molecule has 2 N–H and O–H groups in total. The number of nitrogens with one attached hydrogen (secondary N) is 2. The summed E-state index contributed by atoms with van der Waals surface area (Å²) in [5, 5.41) is 6.00. The van der Waals surface area contributed by atoms with Gasteiger partial charge in [0.2, 0.25) is 5.91 Å². The first-order valence-corrected chi connectivity index (χ1v) is 8.11. The van der Waals surface area contributed by atoms with Crippen LogP contribution in [0.15, 0.2) is 48.5 Å². The molecule has 0 aliphatic rings. The van der Waals surface area contributed by atoms with Crippen LogP contribution in [-0.2, 0) is 9.59 Å². The lowest BCUT2D eigenvalue weighted by Gasteiger charge is -2.08. The Morgan fingerprint density at radius 3 is 2.36 bits per heavy atom. The zero-order valence-corrected chi connectivity index (χ0v) is 14.2. The van der Waals surface area contributed by atoms with Crippen LogP contribution in [0.3, 0.4) is 0 Å². The Bertz CT molecular complexity index is 705. The van der Waals surface area contributed by atoms with E-state index in [9.17, 15) is 14.0 Å². The van der Waals surface area contributed by atoms with Crippen LogP contribution in [0.25, 0.3) is 0 Å². The Morgan fingerprint density at radius 1 is 1.00 bits per heavy atom. The molecule has 0 bridgehead atoms. The van der Waals surface area contributed by atoms with E-state index in [0.717, 1.165) is 0 Å². The summed E-state index contributed by atoms with van der Waals surface area (Å²) in [5.74, 6) is -0.394. The third kappa shape index (κ3) is 7.22. The number of halogens is 2. The van der Waals surface area contributed by atoms with E-state index in [4.69, 9.17) is 16.3 Å². The van der Waals surface area contributed by atoms with Crippen LogP contribution in [0.2, 0.25) is 5.02 Å². The van der Waals surface area contributed by atoms with E-state index in [1.807, 2.05) is 0 Å². The van der Waals surface area contributed by atoms with Gasteiger partial charge in [0.25, 0.3) is 5.91 Å². The highest BCUT2D eigenvalue weighted by molar-refractivity contribution is 6.30. The van der Waals surface area contributed by atoms with Crippen LogP contribution in [-0.4, -0.2) is 25.0 Å². The summed E-state index contributed by atoms with van der Waals surface area (Å²) in [6.45, 7) is 0.197. The summed E-state index contributed by atoms with van der Waals surface area (Å²) in [7, 11) is 0. The lowest BCUT2D eigenvalue weighted by molar-refractivity contribution is -0.123. The van der Waals surface area contributed by atoms with Gasteiger partial charge in [0, 0.05) is 23.7 Å². The summed E-state index contributed by atoms with van der Waals surface area (Å²) < 4.78 is 18.0. The summed E-state index contributed by atoms with van der Waals surface area (Å²) >= 11 is 5.77. The molecule has 0 aliphatic heterocycles. The van der Waals surface area contributed by atoms with Gasteiger partial charge >= 0.3 is 0 Å². The van der Waals surface area contributed by atoms with Crippen LogP contribution in [0, 0.1) is 5.82 Å². The van der Waals surface area contributed by atoms with Crippen molar-refractivity contribution in [2.24, 2.45) is 0 Å². The van der Waals surface area contributed by atoms with Crippen molar-refractivity contribution in [3.8, 4) is 5.75 Å². The molecule has 0 radical (unpaired) electrons. The van der Waals surface area contributed by atoms with Crippen molar-refractivity contribution in [1.29, 1.82) is 0 Å². The van der Waals surface area contributed by atoms with E-state index in [-0.39, 0.29) is 30.7 Å². The van der Waals surface area contributed by atoms with Gasteiger partial charge in [-0.05, 0) is 55.0 Å². The lowest BCUT2D eigenvalue weighted by atomic mass is 10.2. The van der Waals surface area contributed by atoms with E-state index in [1.54, 1.807) is 24.3 Å². The molecule has 0 aliphatic carbocycles. The molecule has 2 aromatic rings. The molecule has 5 nitrogen and oxygen atoms in total. The Kier molecular flexibility index (Phi) is 7.22. The van der Waals surface area contributed by atoms with Gasteiger partial charge in [-0.2, -0.15) is 0 Å². The van der Waals surface area contributed by atoms with Crippen LogP contribution in [0.5, 0.6) is 5.75 Å². The van der Waals surface area contributed by atoms with Crippen molar-refractivity contribution in [2.45, 2.75) is 12.8 Å². The largest absolute Gasteiger partial charge is 0.484 e. The summed E-state index contributed by atoms with van der Waals surface area (Å²) in [5.41, 5.74) is 0.672. The zero-order valence-electron chi connectivity index (χ0n) is 13.4. The molecule has 0 spiro atoms. The first-order chi connectivity index (χ1) is 12.0. The molecule has 0 unspecified atom stereocenters. The molecule has 7 heteroatoms. The van der Waals surface area contributed by atoms with Crippen molar-refractivity contribution in [3.05, 3.63) is 59.4 Å². The number of carbonyl (C=O) groups is 2. The van der Waals surface area contributed by atoms with Gasteiger partial charge in [-0.1, -0.05) is 11.6 Å². The standard InChI is InChI=1S/C18H18ClFN2O3/c19-13-3-7-15(8-4-13)22-17(23)2-1-11-21-18(24)12-25-16-9-5-14(20)6-10-16/h3-10H,1-2,11-12H2,(H,21,24)(H,22,23). The second-order valence-corrected chi connectivity index (χ2v) is 5.69. The molecular formula is C18H18ClFN2O3. The zero-order chi connectivity index (χ0) is 18.1. The molecule has 0 heterocycles. The summed E-state index contributed by atoms with van der Waals surface area (Å²) in [4.78, 5) is 23.4. The van der Waals surface area contributed by atoms with Crippen molar-refractivity contribution in [2.75, 3.05) is 18.5 Å². The van der Waals surface area contributed by atoms with E-state index < -0.39 is 0 Å². The minimum atomic E-state index is -0.367. The minimum Gasteiger partial charge on any atom is -0.484 e. The predicted molar refractivity (Wildman–Crippen MR) is 94.2 cm³/mol. The van der Waals surface area contributed by atoms with E-state index in [2.05, 4.69) is 10.6 Å². The average molecular weight is 365 g/mol. The number of anilines is 1. The number of amides is 2. The van der Waals surface area contributed by atoms with Crippen LogP contribution < -0.4 is 15.4 Å². The fourth-order valence-corrected chi connectivity index (χ4v) is 2.09. The normalized spacial score (nSPS) is 10.2.